The van der Waals surface area contributed by atoms with E-state index >= 15 is 0 Å². The molecule has 2 atom stereocenters. The van der Waals surface area contributed by atoms with Crippen molar-refractivity contribution in [3.8, 4) is 0 Å². The highest BCUT2D eigenvalue weighted by Crippen LogP contribution is 2.25. The Balaban J connectivity index is 1.72. The van der Waals surface area contributed by atoms with Gasteiger partial charge in [-0.1, -0.05) is 39.8 Å². The SMILES string of the molecule is CC1CC(C)CN(C(=O)c2ccccc2NC(=O)c2ccc(NC(=O)C(C)C)cc2)C1. The summed E-state index contributed by atoms with van der Waals surface area (Å²) in [6, 6.07) is 13.8. The Bertz CT molecular complexity index is 943. The third kappa shape index (κ3) is 5.72. The van der Waals surface area contributed by atoms with E-state index in [1.54, 1.807) is 42.5 Å². The molecule has 0 spiro atoms. The number of anilines is 2. The van der Waals surface area contributed by atoms with Crippen LogP contribution in [0.3, 0.4) is 0 Å². The summed E-state index contributed by atoms with van der Waals surface area (Å²) in [6.07, 6.45) is 1.12. The van der Waals surface area contributed by atoms with E-state index in [0.717, 1.165) is 19.5 Å². The van der Waals surface area contributed by atoms with Crippen molar-refractivity contribution < 1.29 is 14.4 Å². The maximum Gasteiger partial charge on any atom is 0.255 e. The largest absolute Gasteiger partial charge is 0.338 e. The molecule has 2 aromatic rings. The summed E-state index contributed by atoms with van der Waals surface area (Å²) in [5, 5.41) is 5.68. The van der Waals surface area contributed by atoms with Crippen LogP contribution in [-0.4, -0.2) is 35.7 Å². The molecular weight excluding hydrogens is 390 g/mol. The summed E-state index contributed by atoms with van der Waals surface area (Å²) in [5.74, 6) is 0.366. The van der Waals surface area contributed by atoms with Gasteiger partial charge in [0, 0.05) is 30.3 Å². The molecule has 1 heterocycles. The topological polar surface area (TPSA) is 78.5 Å². The summed E-state index contributed by atoms with van der Waals surface area (Å²) >= 11 is 0. The molecule has 1 saturated heterocycles. The van der Waals surface area contributed by atoms with Crippen molar-refractivity contribution in [3.63, 3.8) is 0 Å². The van der Waals surface area contributed by atoms with Gasteiger partial charge in [0.05, 0.1) is 11.3 Å². The van der Waals surface area contributed by atoms with E-state index in [-0.39, 0.29) is 23.6 Å². The highest BCUT2D eigenvalue weighted by atomic mass is 16.2. The van der Waals surface area contributed by atoms with Crippen molar-refractivity contribution >= 4 is 29.1 Å². The smallest absolute Gasteiger partial charge is 0.255 e. The number of nitrogens with zero attached hydrogens (tertiary/aromatic N) is 1. The lowest BCUT2D eigenvalue weighted by molar-refractivity contribution is -0.118. The van der Waals surface area contributed by atoms with Crippen LogP contribution in [0.15, 0.2) is 48.5 Å². The summed E-state index contributed by atoms with van der Waals surface area (Å²) in [5.41, 5.74) is 2.09. The molecule has 3 amide bonds. The fourth-order valence-corrected chi connectivity index (χ4v) is 3.96. The van der Waals surface area contributed by atoms with Crippen LogP contribution in [0, 0.1) is 17.8 Å². The van der Waals surface area contributed by atoms with Gasteiger partial charge in [0.2, 0.25) is 5.91 Å². The fourth-order valence-electron chi connectivity index (χ4n) is 3.96. The molecule has 0 aromatic heterocycles. The lowest BCUT2D eigenvalue weighted by Gasteiger charge is -2.35. The minimum atomic E-state index is -0.303. The van der Waals surface area contributed by atoms with Gasteiger partial charge in [0.15, 0.2) is 0 Å². The number of nitrogens with one attached hydrogen (secondary N) is 2. The molecule has 2 aromatic carbocycles. The zero-order chi connectivity index (χ0) is 22.5. The highest BCUT2D eigenvalue weighted by Gasteiger charge is 2.27. The molecule has 0 aliphatic carbocycles. The van der Waals surface area contributed by atoms with Gasteiger partial charge in [-0.15, -0.1) is 0 Å². The Labute approximate surface area is 184 Å². The first-order valence-corrected chi connectivity index (χ1v) is 10.8. The van der Waals surface area contributed by atoms with E-state index in [4.69, 9.17) is 0 Å². The van der Waals surface area contributed by atoms with Gasteiger partial charge in [0.1, 0.15) is 0 Å². The average Bonchev–Trinajstić information content (AvgIpc) is 2.73. The molecule has 31 heavy (non-hydrogen) atoms. The number of piperidine rings is 1. The van der Waals surface area contributed by atoms with Crippen LogP contribution in [-0.2, 0) is 4.79 Å². The highest BCUT2D eigenvalue weighted by molar-refractivity contribution is 6.09. The lowest BCUT2D eigenvalue weighted by Crippen LogP contribution is -2.42. The van der Waals surface area contributed by atoms with E-state index in [1.165, 1.54) is 0 Å². The molecule has 1 aliphatic heterocycles. The molecule has 0 radical (unpaired) electrons. The Morgan fingerprint density at radius 3 is 2.13 bits per heavy atom. The molecule has 6 heteroatoms. The van der Waals surface area contributed by atoms with Gasteiger partial charge in [0.25, 0.3) is 11.8 Å². The molecule has 1 aliphatic rings. The van der Waals surface area contributed by atoms with Gasteiger partial charge in [-0.3, -0.25) is 14.4 Å². The van der Waals surface area contributed by atoms with Crippen molar-refractivity contribution in [2.24, 2.45) is 17.8 Å². The quantitative estimate of drug-likeness (QED) is 0.737. The minimum Gasteiger partial charge on any atom is -0.338 e. The number of hydrogen-bond donors (Lipinski definition) is 2. The molecular formula is C25H31N3O3. The molecule has 2 unspecified atom stereocenters. The average molecular weight is 422 g/mol. The lowest BCUT2D eigenvalue weighted by atomic mass is 9.91. The maximum absolute atomic E-state index is 13.2. The first-order valence-electron chi connectivity index (χ1n) is 10.8. The fraction of sp³-hybridized carbons (Fsp3) is 0.400. The van der Waals surface area contributed by atoms with Crippen molar-refractivity contribution in [2.45, 2.75) is 34.1 Å². The first-order chi connectivity index (χ1) is 14.7. The van der Waals surface area contributed by atoms with Crippen molar-refractivity contribution in [2.75, 3.05) is 23.7 Å². The summed E-state index contributed by atoms with van der Waals surface area (Å²) in [7, 11) is 0. The van der Waals surface area contributed by atoms with Gasteiger partial charge in [-0.25, -0.2) is 0 Å². The predicted octanol–water partition coefficient (Wildman–Crippen LogP) is 4.65. The van der Waals surface area contributed by atoms with E-state index in [1.807, 2.05) is 24.8 Å². The first kappa shape index (κ1) is 22.5. The summed E-state index contributed by atoms with van der Waals surface area (Å²) < 4.78 is 0. The number of likely N-dealkylation sites (tertiary alicyclic amines) is 1. The van der Waals surface area contributed by atoms with Crippen LogP contribution in [0.1, 0.15) is 54.8 Å². The number of carbonyl (C=O) groups is 3. The molecule has 1 fully saturated rings. The standard InChI is InChI=1S/C25H31N3O3/c1-16(2)23(29)26-20-11-9-19(10-12-20)24(30)27-22-8-6-5-7-21(22)25(31)28-14-17(3)13-18(4)15-28/h5-12,16-18H,13-15H2,1-4H3,(H,26,29)(H,27,30). The predicted molar refractivity (Wildman–Crippen MR) is 123 cm³/mol. The molecule has 6 nitrogen and oxygen atoms in total. The Morgan fingerprint density at radius 1 is 0.903 bits per heavy atom. The van der Waals surface area contributed by atoms with Gasteiger partial charge >= 0.3 is 0 Å². The van der Waals surface area contributed by atoms with Gasteiger partial charge in [-0.2, -0.15) is 0 Å². The second kappa shape index (κ2) is 9.77. The van der Waals surface area contributed by atoms with E-state index < -0.39 is 0 Å². The Morgan fingerprint density at radius 2 is 1.52 bits per heavy atom. The third-order valence-electron chi connectivity index (χ3n) is 5.50. The second-order valence-corrected chi connectivity index (χ2v) is 8.88. The molecule has 164 valence electrons. The number of hydrogen-bond acceptors (Lipinski definition) is 3. The van der Waals surface area contributed by atoms with Crippen LogP contribution >= 0.6 is 0 Å². The third-order valence-corrected chi connectivity index (χ3v) is 5.50. The van der Waals surface area contributed by atoms with Gasteiger partial charge in [-0.05, 0) is 54.7 Å². The van der Waals surface area contributed by atoms with Crippen LogP contribution in [0.4, 0.5) is 11.4 Å². The number of carbonyl (C=O) groups excluding carboxylic acids is 3. The Kier molecular flexibility index (Phi) is 7.10. The van der Waals surface area contributed by atoms with Crippen LogP contribution in [0.2, 0.25) is 0 Å². The van der Waals surface area contributed by atoms with Crippen LogP contribution in [0.25, 0.3) is 0 Å². The van der Waals surface area contributed by atoms with Crippen LogP contribution in [0.5, 0.6) is 0 Å². The zero-order valence-corrected chi connectivity index (χ0v) is 18.6. The van der Waals surface area contributed by atoms with Crippen LogP contribution < -0.4 is 10.6 Å². The monoisotopic (exact) mass is 421 g/mol. The molecule has 2 N–H and O–H groups in total. The molecule has 0 saturated carbocycles. The number of rotatable bonds is 5. The van der Waals surface area contributed by atoms with Crippen molar-refractivity contribution in [1.82, 2.24) is 4.90 Å². The minimum absolute atomic E-state index is 0.0546. The number of para-hydroxylation sites is 1. The number of benzene rings is 2. The van der Waals surface area contributed by atoms with Crippen molar-refractivity contribution in [3.05, 3.63) is 59.7 Å². The second-order valence-electron chi connectivity index (χ2n) is 8.88. The normalized spacial score (nSPS) is 18.5. The number of amides is 3. The van der Waals surface area contributed by atoms with E-state index in [2.05, 4.69) is 24.5 Å². The van der Waals surface area contributed by atoms with Crippen molar-refractivity contribution in [1.29, 1.82) is 0 Å². The van der Waals surface area contributed by atoms with E-state index in [0.29, 0.717) is 34.3 Å². The molecule has 0 bridgehead atoms. The van der Waals surface area contributed by atoms with E-state index in [9.17, 15) is 14.4 Å². The summed E-state index contributed by atoms with van der Waals surface area (Å²) in [4.78, 5) is 39.7. The maximum atomic E-state index is 13.2. The zero-order valence-electron chi connectivity index (χ0n) is 18.6. The Hall–Kier alpha value is -3.15. The molecule has 3 rings (SSSR count). The van der Waals surface area contributed by atoms with Gasteiger partial charge < -0.3 is 15.5 Å². The summed E-state index contributed by atoms with van der Waals surface area (Å²) in [6.45, 7) is 9.43.